The van der Waals surface area contributed by atoms with E-state index in [2.05, 4.69) is 4.98 Å². The molecule has 1 aliphatic carbocycles. The predicted octanol–water partition coefficient (Wildman–Crippen LogP) is 2.01. The molecule has 1 saturated carbocycles. The summed E-state index contributed by atoms with van der Waals surface area (Å²) in [7, 11) is 1.83. The summed E-state index contributed by atoms with van der Waals surface area (Å²) in [5.41, 5.74) is 6.75. The van der Waals surface area contributed by atoms with Crippen molar-refractivity contribution >= 4 is 30.7 Å². The second kappa shape index (κ2) is 8.35. The van der Waals surface area contributed by atoms with Gasteiger partial charge in [0.05, 0.1) is 12.2 Å². The van der Waals surface area contributed by atoms with Crippen LogP contribution in [0.5, 0.6) is 0 Å². The Hall–Kier alpha value is -0.840. The fourth-order valence-electron chi connectivity index (χ4n) is 2.36. The number of hydrogen-bond acceptors (Lipinski definition) is 3. The minimum Gasteiger partial charge on any atom is -0.340 e. The van der Waals surface area contributed by atoms with E-state index in [9.17, 15) is 4.79 Å². The molecule has 1 aromatic heterocycles. The van der Waals surface area contributed by atoms with Crippen molar-refractivity contribution < 1.29 is 4.79 Å². The highest BCUT2D eigenvalue weighted by Crippen LogP contribution is 2.25. The number of hydrogen-bond donors (Lipinski definition) is 1. The molecular weight excluding hydrogens is 285 g/mol. The molecule has 6 heteroatoms. The number of pyridine rings is 1. The molecular formula is C13H21Cl2N3O. The first-order valence-electron chi connectivity index (χ1n) is 6.07. The van der Waals surface area contributed by atoms with Crippen molar-refractivity contribution in [2.45, 2.75) is 31.8 Å². The zero-order valence-corrected chi connectivity index (χ0v) is 12.6. The fraction of sp³-hybridized carbons (Fsp3) is 0.538. The van der Waals surface area contributed by atoms with Crippen LogP contribution in [0.25, 0.3) is 0 Å². The maximum Gasteiger partial charge on any atom is 0.225 e. The van der Waals surface area contributed by atoms with Gasteiger partial charge >= 0.3 is 0 Å². The average molecular weight is 306 g/mol. The minimum atomic E-state index is 0. The summed E-state index contributed by atoms with van der Waals surface area (Å²) in [6.07, 6.45) is 4.46. The lowest BCUT2D eigenvalue weighted by molar-refractivity contribution is -0.134. The first-order chi connectivity index (χ1) is 8.16. The highest BCUT2D eigenvalue weighted by atomic mass is 35.5. The molecule has 108 valence electrons. The third-order valence-electron chi connectivity index (χ3n) is 3.32. The van der Waals surface area contributed by atoms with Gasteiger partial charge in [-0.2, -0.15) is 0 Å². The molecule has 1 fully saturated rings. The van der Waals surface area contributed by atoms with Crippen LogP contribution in [-0.2, 0) is 11.3 Å². The van der Waals surface area contributed by atoms with Gasteiger partial charge in [0.25, 0.3) is 0 Å². The number of rotatable bonds is 3. The van der Waals surface area contributed by atoms with Crippen molar-refractivity contribution in [2.75, 3.05) is 7.05 Å². The van der Waals surface area contributed by atoms with Gasteiger partial charge in [-0.3, -0.25) is 9.78 Å². The van der Waals surface area contributed by atoms with Gasteiger partial charge in [0.2, 0.25) is 5.91 Å². The molecule has 0 radical (unpaired) electrons. The Kier molecular flexibility index (Phi) is 7.99. The Morgan fingerprint density at radius 2 is 2.16 bits per heavy atom. The minimum absolute atomic E-state index is 0. The molecule has 2 atom stereocenters. The van der Waals surface area contributed by atoms with Crippen LogP contribution in [0.4, 0.5) is 0 Å². The van der Waals surface area contributed by atoms with Gasteiger partial charge in [0.15, 0.2) is 0 Å². The first-order valence-corrected chi connectivity index (χ1v) is 6.07. The summed E-state index contributed by atoms with van der Waals surface area (Å²) >= 11 is 0. The van der Waals surface area contributed by atoms with Gasteiger partial charge in [0.1, 0.15) is 0 Å². The molecule has 2 unspecified atom stereocenters. The highest BCUT2D eigenvalue weighted by Gasteiger charge is 2.29. The number of carbonyl (C=O) groups excluding carboxylic acids is 1. The van der Waals surface area contributed by atoms with Crippen LogP contribution in [0.1, 0.15) is 25.0 Å². The average Bonchev–Trinajstić information content (AvgIpc) is 2.76. The molecule has 0 bridgehead atoms. The van der Waals surface area contributed by atoms with E-state index in [0.717, 1.165) is 25.0 Å². The summed E-state index contributed by atoms with van der Waals surface area (Å²) in [6.45, 7) is 0.575. The topological polar surface area (TPSA) is 59.2 Å². The van der Waals surface area contributed by atoms with Crippen LogP contribution in [0.2, 0.25) is 0 Å². The lowest BCUT2D eigenvalue weighted by Gasteiger charge is -2.20. The second-order valence-electron chi connectivity index (χ2n) is 4.79. The number of carbonyl (C=O) groups is 1. The largest absolute Gasteiger partial charge is 0.340 e. The van der Waals surface area contributed by atoms with Crippen molar-refractivity contribution in [3.8, 4) is 0 Å². The Morgan fingerprint density at radius 3 is 2.68 bits per heavy atom. The molecule has 1 heterocycles. The maximum atomic E-state index is 12.1. The van der Waals surface area contributed by atoms with E-state index in [1.54, 1.807) is 11.1 Å². The van der Waals surface area contributed by atoms with Gasteiger partial charge in [0, 0.05) is 25.2 Å². The van der Waals surface area contributed by atoms with E-state index in [1.807, 2.05) is 25.2 Å². The molecule has 0 aliphatic heterocycles. The van der Waals surface area contributed by atoms with E-state index >= 15 is 0 Å². The third-order valence-corrected chi connectivity index (χ3v) is 3.32. The van der Waals surface area contributed by atoms with E-state index in [1.165, 1.54) is 0 Å². The number of nitrogens with two attached hydrogens (primary N) is 1. The Labute approximate surface area is 126 Å². The molecule has 0 aromatic carbocycles. The van der Waals surface area contributed by atoms with Crippen LogP contribution < -0.4 is 5.73 Å². The summed E-state index contributed by atoms with van der Waals surface area (Å²) in [6, 6.07) is 5.95. The summed E-state index contributed by atoms with van der Waals surface area (Å²) in [5, 5.41) is 0. The molecule has 0 saturated heterocycles. The molecule has 1 aromatic rings. The molecule has 1 amide bonds. The molecule has 1 aliphatic rings. The van der Waals surface area contributed by atoms with Crippen molar-refractivity contribution in [1.82, 2.24) is 9.88 Å². The first kappa shape index (κ1) is 18.2. The number of amides is 1. The number of aromatic nitrogens is 1. The Balaban J connectivity index is 0.00000162. The predicted molar refractivity (Wildman–Crippen MR) is 80.5 cm³/mol. The van der Waals surface area contributed by atoms with Crippen molar-refractivity contribution in [1.29, 1.82) is 0 Å². The number of nitrogens with zero attached hydrogens (tertiary/aromatic N) is 2. The SMILES string of the molecule is CN(Cc1ccccn1)C(=O)C1CCC(N)C1.Cl.Cl. The molecule has 2 rings (SSSR count). The second-order valence-corrected chi connectivity index (χ2v) is 4.79. The zero-order chi connectivity index (χ0) is 12.3. The molecule has 2 N–H and O–H groups in total. The van der Waals surface area contributed by atoms with Gasteiger partial charge < -0.3 is 10.6 Å². The quantitative estimate of drug-likeness (QED) is 0.929. The van der Waals surface area contributed by atoms with Crippen LogP contribution in [0.3, 0.4) is 0 Å². The summed E-state index contributed by atoms with van der Waals surface area (Å²) < 4.78 is 0. The monoisotopic (exact) mass is 305 g/mol. The van der Waals surface area contributed by atoms with Crippen molar-refractivity contribution in [2.24, 2.45) is 11.7 Å². The molecule has 4 nitrogen and oxygen atoms in total. The van der Waals surface area contributed by atoms with Gasteiger partial charge in [-0.15, -0.1) is 24.8 Å². The van der Waals surface area contributed by atoms with E-state index in [-0.39, 0.29) is 42.7 Å². The highest BCUT2D eigenvalue weighted by molar-refractivity contribution is 5.85. The smallest absolute Gasteiger partial charge is 0.225 e. The zero-order valence-electron chi connectivity index (χ0n) is 11.0. The Bertz CT molecular complexity index is 389. The normalized spacial score (nSPS) is 21.2. The van der Waals surface area contributed by atoms with Crippen LogP contribution in [0, 0.1) is 5.92 Å². The van der Waals surface area contributed by atoms with Gasteiger partial charge in [-0.05, 0) is 31.4 Å². The fourth-order valence-corrected chi connectivity index (χ4v) is 2.36. The van der Waals surface area contributed by atoms with E-state index in [0.29, 0.717) is 6.54 Å². The van der Waals surface area contributed by atoms with Crippen LogP contribution >= 0.6 is 24.8 Å². The van der Waals surface area contributed by atoms with E-state index < -0.39 is 0 Å². The van der Waals surface area contributed by atoms with Crippen molar-refractivity contribution in [3.63, 3.8) is 0 Å². The van der Waals surface area contributed by atoms with Crippen LogP contribution in [0.15, 0.2) is 24.4 Å². The maximum absolute atomic E-state index is 12.1. The standard InChI is InChI=1S/C13H19N3O.2ClH/c1-16(9-12-4-2-3-7-15-12)13(17)10-5-6-11(14)8-10;;/h2-4,7,10-11H,5-6,8-9,14H2,1H3;2*1H. The Morgan fingerprint density at radius 1 is 1.42 bits per heavy atom. The van der Waals surface area contributed by atoms with Crippen molar-refractivity contribution in [3.05, 3.63) is 30.1 Å². The van der Waals surface area contributed by atoms with Gasteiger partial charge in [-0.25, -0.2) is 0 Å². The number of halogens is 2. The van der Waals surface area contributed by atoms with E-state index in [4.69, 9.17) is 5.73 Å². The summed E-state index contributed by atoms with van der Waals surface area (Å²) in [5.74, 6) is 0.308. The molecule has 0 spiro atoms. The lowest BCUT2D eigenvalue weighted by Crippen LogP contribution is -2.32. The summed E-state index contributed by atoms with van der Waals surface area (Å²) in [4.78, 5) is 18.1. The molecule has 19 heavy (non-hydrogen) atoms. The van der Waals surface area contributed by atoms with Crippen LogP contribution in [-0.4, -0.2) is 28.9 Å². The van der Waals surface area contributed by atoms with Gasteiger partial charge in [-0.1, -0.05) is 6.07 Å². The third kappa shape index (κ3) is 4.97. The lowest BCUT2D eigenvalue weighted by atomic mass is 10.1.